The van der Waals surface area contributed by atoms with Gasteiger partial charge in [0.2, 0.25) is 0 Å². The molecule has 0 N–H and O–H groups in total. The van der Waals surface area contributed by atoms with Crippen molar-refractivity contribution in [2.24, 2.45) is 5.92 Å². The lowest BCUT2D eigenvalue weighted by Gasteiger charge is -2.21. The van der Waals surface area contributed by atoms with E-state index < -0.39 is 0 Å². The summed E-state index contributed by atoms with van der Waals surface area (Å²) in [5, 5.41) is 0. The van der Waals surface area contributed by atoms with Gasteiger partial charge in [-0.05, 0) is 12.8 Å². The first-order chi connectivity index (χ1) is 9.24. The van der Waals surface area contributed by atoms with Crippen molar-refractivity contribution in [1.29, 1.82) is 0 Å². The van der Waals surface area contributed by atoms with Gasteiger partial charge in [-0.2, -0.15) is 0 Å². The van der Waals surface area contributed by atoms with Crippen molar-refractivity contribution in [1.82, 2.24) is 0 Å². The van der Waals surface area contributed by atoms with Crippen LogP contribution in [0.3, 0.4) is 0 Å². The topological polar surface area (TPSA) is 36.9 Å². The van der Waals surface area contributed by atoms with Crippen molar-refractivity contribution in [3.8, 4) is 0 Å². The summed E-state index contributed by atoms with van der Waals surface area (Å²) in [5.41, 5.74) is 0. The standard InChI is InChI=1S/C15H30O4/c1-5-7-9-17-11-13-14(18-10-8-6-2)12(3)15(16-4)19-13/h12-15H,5-11H2,1-4H3/t12-,13-,14+,15?/m1/s1. The van der Waals surface area contributed by atoms with E-state index in [0.29, 0.717) is 6.61 Å². The first-order valence-electron chi connectivity index (χ1n) is 7.62. The summed E-state index contributed by atoms with van der Waals surface area (Å²) >= 11 is 0. The Balaban J connectivity index is 2.40. The van der Waals surface area contributed by atoms with Crippen LogP contribution in [0.2, 0.25) is 0 Å². The molecule has 0 saturated carbocycles. The zero-order chi connectivity index (χ0) is 14.1. The highest BCUT2D eigenvalue weighted by Crippen LogP contribution is 2.30. The minimum atomic E-state index is -0.175. The first-order valence-corrected chi connectivity index (χ1v) is 7.62. The molecule has 0 aromatic carbocycles. The van der Waals surface area contributed by atoms with E-state index in [2.05, 4.69) is 20.8 Å². The second-order valence-electron chi connectivity index (χ2n) is 5.26. The number of hydrogen-bond acceptors (Lipinski definition) is 4. The molecule has 1 heterocycles. The molecule has 4 nitrogen and oxygen atoms in total. The van der Waals surface area contributed by atoms with E-state index in [0.717, 1.165) is 38.9 Å². The van der Waals surface area contributed by atoms with Crippen LogP contribution in [0.1, 0.15) is 46.5 Å². The van der Waals surface area contributed by atoms with E-state index in [4.69, 9.17) is 18.9 Å². The normalized spacial score (nSPS) is 30.9. The van der Waals surface area contributed by atoms with Gasteiger partial charge in [0, 0.05) is 26.2 Å². The molecule has 0 spiro atoms. The monoisotopic (exact) mass is 274 g/mol. The third kappa shape index (κ3) is 5.38. The van der Waals surface area contributed by atoms with Gasteiger partial charge in [0.1, 0.15) is 6.10 Å². The van der Waals surface area contributed by atoms with E-state index in [1.54, 1.807) is 7.11 Å². The van der Waals surface area contributed by atoms with Crippen LogP contribution < -0.4 is 0 Å². The molecular weight excluding hydrogens is 244 g/mol. The van der Waals surface area contributed by atoms with Gasteiger partial charge in [0.15, 0.2) is 6.29 Å². The second-order valence-corrected chi connectivity index (χ2v) is 5.26. The average Bonchev–Trinajstić information content (AvgIpc) is 2.72. The Morgan fingerprint density at radius 1 is 1.05 bits per heavy atom. The van der Waals surface area contributed by atoms with Crippen molar-refractivity contribution in [3.63, 3.8) is 0 Å². The Kier molecular flexibility index (Phi) is 8.62. The van der Waals surface area contributed by atoms with E-state index in [1.165, 1.54) is 0 Å². The fourth-order valence-electron chi connectivity index (χ4n) is 2.34. The molecule has 1 unspecified atom stereocenters. The lowest BCUT2D eigenvalue weighted by molar-refractivity contribution is -0.142. The minimum Gasteiger partial charge on any atom is -0.379 e. The van der Waals surface area contributed by atoms with E-state index in [9.17, 15) is 0 Å². The fraction of sp³-hybridized carbons (Fsp3) is 1.00. The van der Waals surface area contributed by atoms with E-state index in [-0.39, 0.29) is 24.4 Å². The molecule has 1 aliphatic heterocycles. The Labute approximate surface area is 117 Å². The molecule has 0 aromatic heterocycles. The van der Waals surface area contributed by atoms with Crippen molar-refractivity contribution in [2.75, 3.05) is 26.9 Å². The maximum absolute atomic E-state index is 5.97. The van der Waals surface area contributed by atoms with Gasteiger partial charge < -0.3 is 18.9 Å². The summed E-state index contributed by atoms with van der Waals surface area (Å²) < 4.78 is 22.9. The van der Waals surface area contributed by atoms with Crippen LogP contribution in [0.25, 0.3) is 0 Å². The molecule has 0 bridgehead atoms. The average molecular weight is 274 g/mol. The Morgan fingerprint density at radius 2 is 1.74 bits per heavy atom. The van der Waals surface area contributed by atoms with Gasteiger partial charge in [-0.3, -0.25) is 0 Å². The Bertz CT molecular complexity index is 222. The zero-order valence-corrected chi connectivity index (χ0v) is 12.9. The molecule has 4 atom stereocenters. The molecule has 1 aliphatic rings. The molecular formula is C15H30O4. The zero-order valence-electron chi connectivity index (χ0n) is 12.9. The summed E-state index contributed by atoms with van der Waals surface area (Å²) in [7, 11) is 1.69. The summed E-state index contributed by atoms with van der Waals surface area (Å²) in [4.78, 5) is 0. The molecule has 1 saturated heterocycles. The molecule has 4 heteroatoms. The Hall–Kier alpha value is -0.160. The maximum atomic E-state index is 5.97. The van der Waals surface area contributed by atoms with E-state index in [1.807, 2.05) is 0 Å². The predicted molar refractivity (Wildman–Crippen MR) is 75.2 cm³/mol. The summed E-state index contributed by atoms with van der Waals surface area (Å²) in [6.45, 7) is 8.63. The van der Waals surface area contributed by atoms with Gasteiger partial charge in [-0.25, -0.2) is 0 Å². The van der Waals surface area contributed by atoms with Crippen molar-refractivity contribution < 1.29 is 18.9 Å². The fourth-order valence-corrected chi connectivity index (χ4v) is 2.34. The molecule has 0 radical (unpaired) electrons. The second kappa shape index (κ2) is 9.70. The highest BCUT2D eigenvalue weighted by molar-refractivity contribution is 4.85. The number of unbranched alkanes of at least 4 members (excludes halogenated alkanes) is 2. The SMILES string of the molecule is CCCCOC[C@H]1OC(OC)[C@H](C)[C@@H]1OCCCC. The summed E-state index contributed by atoms with van der Waals surface area (Å²) in [6, 6.07) is 0. The van der Waals surface area contributed by atoms with Gasteiger partial charge in [-0.1, -0.05) is 33.6 Å². The van der Waals surface area contributed by atoms with Crippen molar-refractivity contribution in [2.45, 2.75) is 65.0 Å². The first kappa shape index (κ1) is 16.9. The smallest absolute Gasteiger partial charge is 0.162 e. The number of rotatable bonds is 10. The van der Waals surface area contributed by atoms with Gasteiger partial charge in [0.25, 0.3) is 0 Å². The van der Waals surface area contributed by atoms with Crippen molar-refractivity contribution in [3.05, 3.63) is 0 Å². The highest BCUT2D eigenvalue weighted by atomic mass is 16.7. The third-order valence-corrected chi connectivity index (χ3v) is 3.59. The van der Waals surface area contributed by atoms with Gasteiger partial charge >= 0.3 is 0 Å². The molecule has 19 heavy (non-hydrogen) atoms. The molecule has 1 rings (SSSR count). The van der Waals surface area contributed by atoms with Gasteiger partial charge in [0.05, 0.1) is 12.7 Å². The predicted octanol–water partition coefficient (Wildman–Crippen LogP) is 3.00. The maximum Gasteiger partial charge on any atom is 0.162 e. The number of methoxy groups -OCH3 is 1. The van der Waals surface area contributed by atoms with Crippen LogP contribution in [-0.2, 0) is 18.9 Å². The van der Waals surface area contributed by atoms with E-state index >= 15 is 0 Å². The molecule has 0 aliphatic carbocycles. The molecule has 0 aromatic rings. The van der Waals surface area contributed by atoms with Crippen LogP contribution in [0.4, 0.5) is 0 Å². The van der Waals surface area contributed by atoms with Crippen LogP contribution in [0, 0.1) is 5.92 Å². The third-order valence-electron chi connectivity index (χ3n) is 3.59. The van der Waals surface area contributed by atoms with Crippen LogP contribution in [0.5, 0.6) is 0 Å². The molecule has 114 valence electrons. The highest BCUT2D eigenvalue weighted by Gasteiger charge is 2.42. The van der Waals surface area contributed by atoms with Gasteiger partial charge in [-0.15, -0.1) is 0 Å². The minimum absolute atomic E-state index is 0.00587. The molecule has 0 amide bonds. The van der Waals surface area contributed by atoms with Crippen molar-refractivity contribution >= 4 is 0 Å². The van der Waals surface area contributed by atoms with Crippen LogP contribution >= 0.6 is 0 Å². The molecule has 1 fully saturated rings. The Morgan fingerprint density at radius 3 is 2.37 bits per heavy atom. The number of hydrogen-bond donors (Lipinski definition) is 0. The number of ether oxygens (including phenoxy) is 4. The summed E-state index contributed by atoms with van der Waals surface area (Å²) in [6.07, 6.45) is 4.38. The largest absolute Gasteiger partial charge is 0.379 e. The lowest BCUT2D eigenvalue weighted by atomic mass is 10.0. The lowest BCUT2D eigenvalue weighted by Crippen LogP contribution is -2.33. The summed E-state index contributed by atoms with van der Waals surface area (Å²) in [5.74, 6) is 0.252. The van der Waals surface area contributed by atoms with Crippen LogP contribution in [0.15, 0.2) is 0 Å². The quantitative estimate of drug-likeness (QED) is 0.574. The van der Waals surface area contributed by atoms with Crippen LogP contribution in [-0.4, -0.2) is 45.4 Å².